The van der Waals surface area contributed by atoms with Crippen LogP contribution in [0.5, 0.6) is 11.5 Å². The molecule has 10 nitrogen and oxygen atoms in total. The molecule has 0 unspecified atom stereocenters. The molecule has 3 aromatic heterocycles. The van der Waals surface area contributed by atoms with Gasteiger partial charge in [-0.1, -0.05) is 5.16 Å². The number of sulfonamides is 1. The zero-order valence-corrected chi connectivity index (χ0v) is 18.1. The van der Waals surface area contributed by atoms with Crippen molar-refractivity contribution in [1.82, 2.24) is 9.88 Å². The van der Waals surface area contributed by atoms with Crippen LogP contribution in [0.15, 0.2) is 59.8 Å². The number of furan rings is 1. The molecule has 0 amide bonds. The van der Waals surface area contributed by atoms with Crippen molar-refractivity contribution in [2.75, 3.05) is 13.2 Å². The van der Waals surface area contributed by atoms with Crippen LogP contribution in [0.4, 0.5) is 0 Å². The van der Waals surface area contributed by atoms with Gasteiger partial charge in [-0.2, -0.15) is 0 Å². The van der Waals surface area contributed by atoms with E-state index in [1.54, 1.807) is 31.2 Å². The largest absolute Gasteiger partial charge is 0.507 e. The lowest BCUT2D eigenvalue weighted by molar-refractivity contribution is 0.312. The van der Waals surface area contributed by atoms with Gasteiger partial charge in [-0.15, -0.1) is 0 Å². The zero-order valence-electron chi connectivity index (χ0n) is 17.2. The Bertz CT molecular complexity index is 1420. The smallest absolute Gasteiger partial charge is 0.343 e. The Morgan fingerprint density at radius 3 is 2.69 bits per heavy atom. The molecule has 0 spiro atoms. The Morgan fingerprint density at radius 1 is 1.12 bits per heavy atom. The van der Waals surface area contributed by atoms with Gasteiger partial charge in [-0.25, -0.2) is 17.9 Å². The SMILES string of the molecule is Cc1c(-c2cc3cc(OCCCNS(=O)(=O)c4ccon4)ccc3o2)oc(=O)c(C)c1O. The summed E-state index contributed by atoms with van der Waals surface area (Å²) >= 11 is 0. The molecule has 0 fully saturated rings. The van der Waals surface area contributed by atoms with E-state index in [1.807, 2.05) is 0 Å². The van der Waals surface area contributed by atoms with Gasteiger partial charge in [-0.3, -0.25) is 0 Å². The van der Waals surface area contributed by atoms with Gasteiger partial charge in [0.15, 0.2) is 11.5 Å². The summed E-state index contributed by atoms with van der Waals surface area (Å²) in [5.41, 5.74) is 0.466. The minimum atomic E-state index is -3.70. The lowest BCUT2D eigenvalue weighted by atomic mass is 10.1. The van der Waals surface area contributed by atoms with Crippen molar-refractivity contribution in [3.05, 3.63) is 58.1 Å². The first-order valence-electron chi connectivity index (χ1n) is 9.66. The van der Waals surface area contributed by atoms with E-state index in [1.165, 1.54) is 19.3 Å². The Morgan fingerprint density at radius 2 is 1.94 bits per heavy atom. The molecule has 0 aliphatic rings. The van der Waals surface area contributed by atoms with Gasteiger partial charge in [0.2, 0.25) is 5.03 Å². The first kappa shape index (κ1) is 21.7. The highest BCUT2D eigenvalue weighted by Gasteiger charge is 2.19. The zero-order chi connectivity index (χ0) is 22.9. The molecule has 0 aliphatic heterocycles. The minimum Gasteiger partial charge on any atom is -0.507 e. The van der Waals surface area contributed by atoms with Crippen LogP contribution < -0.4 is 15.1 Å². The summed E-state index contributed by atoms with van der Waals surface area (Å²) < 4.78 is 47.6. The lowest BCUT2D eigenvalue weighted by Crippen LogP contribution is -2.26. The second-order valence-corrected chi connectivity index (χ2v) is 8.78. The molecule has 11 heteroatoms. The number of ether oxygens (including phenoxy) is 1. The number of benzene rings is 1. The molecule has 0 saturated carbocycles. The maximum atomic E-state index is 11.9. The number of aromatic nitrogens is 1. The highest BCUT2D eigenvalue weighted by atomic mass is 32.2. The van der Waals surface area contributed by atoms with Crippen LogP contribution in [0.3, 0.4) is 0 Å². The summed E-state index contributed by atoms with van der Waals surface area (Å²) in [6.07, 6.45) is 1.62. The van der Waals surface area contributed by atoms with Gasteiger partial charge in [0, 0.05) is 23.6 Å². The summed E-state index contributed by atoms with van der Waals surface area (Å²) in [5.74, 6) is 0.912. The van der Waals surface area contributed by atoms with Crippen molar-refractivity contribution in [3.8, 4) is 23.0 Å². The second kappa shape index (κ2) is 8.52. The highest BCUT2D eigenvalue weighted by Crippen LogP contribution is 2.34. The Labute approximate surface area is 182 Å². The molecule has 4 rings (SSSR count). The van der Waals surface area contributed by atoms with Crippen molar-refractivity contribution in [1.29, 1.82) is 0 Å². The first-order valence-corrected chi connectivity index (χ1v) is 11.1. The number of hydrogen-bond acceptors (Lipinski definition) is 9. The number of fused-ring (bicyclic) bond motifs is 1. The number of nitrogens with one attached hydrogen (secondary N) is 1. The van der Waals surface area contributed by atoms with E-state index in [4.69, 9.17) is 13.6 Å². The van der Waals surface area contributed by atoms with Gasteiger partial charge < -0.3 is 23.2 Å². The van der Waals surface area contributed by atoms with Crippen LogP contribution in [-0.2, 0) is 10.0 Å². The van der Waals surface area contributed by atoms with Crippen LogP contribution in [-0.4, -0.2) is 31.8 Å². The molecule has 0 atom stereocenters. The summed E-state index contributed by atoms with van der Waals surface area (Å²) in [6, 6.07) is 8.13. The fourth-order valence-corrected chi connectivity index (χ4v) is 4.01. The van der Waals surface area contributed by atoms with E-state index in [0.29, 0.717) is 34.5 Å². The van der Waals surface area contributed by atoms with Crippen molar-refractivity contribution in [3.63, 3.8) is 0 Å². The van der Waals surface area contributed by atoms with Crippen LogP contribution in [0, 0.1) is 13.8 Å². The molecule has 1 aromatic carbocycles. The summed E-state index contributed by atoms with van der Waals surface area (Å²) in [4.78, 5) is 11.9. The quantitative estimate of drug-likeness (QED) is 0.379. The predicted octanol–water partition coefficient (Wildman–Crippen LogP) is 3.11. The molecule has 0 saturated heterocycles. The van der Waals surface area contributed by atoms with Crippen LogP contribution in [0.2, 0.25) is 0 Å². The van der Waals surface area contributed by atoms with Crippen molar-refractivity contribution < 1.29 is 31.6 Å². The van der Waals surface area contributed by atoms with Gasteiger partial charge in [0.25, 0.3) is 10.0 Å². The molecular formula is C21H20N2O8S. The lowest BCUT2D eigenvalue weighted by Gasteiger charge is -2.07. The van der Waals surface area contributed by atoms with Crippen LogP contribution in [0.1, 0.15) is 17.5 Å². The van der Waals surface area contributed by atoms with Crippen LogP contribution in [0.25, 0.3) is 22.5 Å². The van der Waals surface area contributed by atoms with E-state index in [2.05, 4.69) is 14.4 Å². The van der Waals surface area contributed by atoms with E-state index >= 15 is 0 Å². The van der Waals surface area contributed by atoms with Crippen molar-refractivity contribution in [2.45, 2.75) is 25.3 Å². The summed E-state index contributed by atoms with van der Waals surface area (Å²) in [5, 5.41) is 14.1. The van der Waals surface area contributed by atoms with Gasteiger partial charge >= 0.3 is 5.63 Å². The van der Waals surface area contributed by atoms with Crippen molar-refractivity contribution in [2.24, 2.45) is 0 Å². The Kier molecular flexibility index (Phi) is 5.76. The van der Waals surface area contributed by atoms with E-state index in [-0.39, 0.29) is 35.3 Å². The second-order valence-electron chi connectivity index (χ2n) is 7.07. The summed E-state index contributed by atoms with van der Waals surface area (Å²) in [6.45, 7) is 3.57. The maximum absolute atomic E-state index is 11.9. The van der Waals surface area contributed by atoms with Gasteiger partial charge in [0.05, 0.1) is 12.2 Å². The Balaban J connectivity index is 1.41. The van der Waals surface area contributed by atoms with Gasteiger partial charge in [-0.05, 0) is 44.5 Å². The number of aromatic hydroxyl groups is 1. The first-order chi connectivity index (χ1) is 15.3. The fraction of sp³-hybridized carbons (Fsp3) is 0.238. The third kappa shape index (κ3) is 4.25. The molecule has 0 radical (unpaired) electrons. The number of hydrogen-bond donors (Lipinski definition) is 2. The van der Waals surface area contributed by atoms with E-state index < -0.39 is 15.6 Å². The molecule has 3 heterocycles. The third-order valence-electron chi connectivity index (χ3n) is 4.83. The molecule has 0 aliphatic carbocycles. The molecule has 0 bridgehead atoms. The minimum absolute atomic E-state index is 0.125. The third-order valence-corrected chi connectivity index (χ3v) is 6.18. The molecule has 4 aromatic rings. The Hall–Kier alpha value is -3.57. The van der Waals surface area contributed by atoms with Crippen LogP contribution >= 0.6 is 0 Å². The molecule has 2 N–H and O–H groups in total. The average molecular weight is 460 g/mol. The molecule has 32 heavy (non-hydrogen) atoms. The molecule has 168 valence electrons. The average Bonchev–Trinajstić information content (AvgIpc) is 3.44. The topological polar surface area (TPSA) is 145 Å². The molecular weight excluding hydrogens is 440 g/mol. The highest BCUT2D eigenvalue weighted by molar-refractivity contribution is 7.89. The van der Waals surface area contributed by atoms with Gasteiger partial charge in [0.1, 0.15) is 23.3 Å². The van der Waals surface area contributed by atoms with E-state index in [9.17, 15) is 18.3 Å². The summed E-state index contributed by atoms with van der Waals surface area (Å²) in [7, 11) is -3.70. The fourth-order valence-electron chi connectivity index (χ4n) is 3.07. The maximum Gasteiger partial charge on any atom is 0.343 e. The van der Waals surface area contributed by atoms with E-state index in [0.717, 1.165) is 0 Å². The monoisotopic (exact) mass is 460 g/mol. The normalized spacial score (nSPS) is 11.8. The number of nitrogens with zero attached hydrogens (tertiary/aromatic N) is 1. The standard InChI is InChI=1S/C21H20N2O8S/c1-12-19(24)13(2)21(25)31-20(12)17-11-14-10-15(4-5-16(14)30-17)28-8-3-7-22-32(26,27)18-6-9-29-23-18/h4-6,9-11,22,24H,3,7-8H2,1-2H3. The van der Waals surface area contributed by atoms with Crippen molar-refractivity contribution >= 4 is 21.0 Å². The predicted molar refractivity (Wildman–Crippen MR) is 113 cm³/mol. The number of rotatable bonds is 8.